The third-order valence-electron chi connectivity index (χ3n) is 2.74. The Morgan fingerprint density at radius 1 is 1.41 bits per heavy atom. The number of amides is 2. The number of rotatable bonds is 3. The maximum atomic E-state index is 11.2. The van der Waals surface area contributed by atoms with Gasteiger partial charge in [-0.1, -0.05) is 12.1 Å². The molecule has 0 bridgehead atoms. The van der Waals surface area contributed by atoms with Crippen molar-refractivity contribution in [2.45, 2.75) is 19.3 Å². The van der Waals surface area contributed by atoms with Gasteiger partial charge in [0.15, 0.2) is 0 Å². The highest BCUT2D eigenvalue weighted by atomic mass is 79.9. The summed E-state index contributed by atoms with van der Waals surface area (Å²) in [5.74, 6) is 0.0804. The summed E-state index contributed by atoms with van der Waals surface area (Å²) in [4.78, 5) is 21.7. The Morgan fingerprint density at radius 2 is 2.24 bits per heavy atom. The van der Waals surface area contributed by atoms with Crippen molar-refractivity contribution in [1.82, 2.24) is 5.32 Å². The van der Waals surface area contributed by atoms with Gasteiger partial charge in [0.2, 0.25) is 5.91 Å². The van der Waals surface area contributed by atoms with Crippen LogP contribution in [-0.4, -0.2) is 17.3 Å². The molecule has 5 heteroatoms. The molecule has 90 valence electrons. The summed E-state index contributed by atoms with van der Waals surface area (Å²) >= 11 is 2.82. The summed E-state index contributed by atoms with van der Waals surface area (Å²) in [6.45, 7) is 0.606. The quantitative estimate of drug-likeness (QED) is 0.664. The van der Waals surface area contributed by atoms with Crippen LogP contribution in [0.4, 0.5) is 10.5 Å². The minimum absolute atomic E-state index is 0.0804. The van der Waals surface area contributed by atoms with Gasteiger partial charge in [-0.3, -0.25) is 9.59 Å². The first kappa shape index (κ1) is 12.1. The minimum Gasteiger partial charge on any atom is -0.346 e. The van der Waals surface area contributed by atoms with Crippen molar-refractivity contribution in [1.29, 1.82) is 0 Å². The molecular formula is C12H13BrN2O2. The van der Waals surface area contributed by atoms with E-state index in [1.807, 2.05) is 12.1 Å². The first-order chi connectivity index (χ1) is 8.15. The molecule has 0 unspecified atom stereocenters. The van der Waals surface area contributed by atoms with Crippen molar-refractivity contribution in [3.63, 3.8) is 0 Å². The van der Waals surface area contributed by atoms with Gasteiger partial charge in [-0.05, 0) is 30.0 Å². The number of hydrogen-bond donors (Lipinski definition) is 2. The first-order valence-corrected chi connectivity index (χ1v) is 6.29. The van der Waals surface area contributed by atoms with E-state index in [1.165, 1.54) is 11.1 Å². The van der Waals surface area contributed by atoms with Crippen LogP contribution in [-0.2, 0) is 17.6 Å². The normalized spacial score (nSPS) is 13.8. The van der Waals surface area contributed by atoms with Crippen LogP contribution in [0.2, 0.25) is 0 Å². The fourth-order valence-corrected chi connectivity index (χ4v) is 2.10. The Hall–Kier alpha value is -1.36. The van der Waals surface area contributed by atoms with Gasteiger partial charge in [0.1, 0.15) is 0 Å². The van der Waals surface area contributed by atoms with Crippen molar-refractivity contribution in [3.05, 3.63) is 29.3 Å². The summed E-state index contributed by atoms with van der Waals surface area (Å²) in [6, 6.07) is 6.00. The summed E-state index contributed by atoms with van der Waals surface area (Å²) < 4.78 is 0. The number of anilines is 1. The Kier molecular flexibility index (Phi) is 3.78. The van der Waals surface area contributed by atoms with Gasteiger partial charge in [-0.15, -0.1) is 0 Å². The molecule has 0 aliphatic carbocycles. The Labute approximate surface area is 108 Å². The summed E-state index contributed by atoms with van der Waals surface area (Å²) in [5, 5.41) is 5.53. The molecule has 0 fully saturated rings. The number of halogens is 1. The van der Waals surface area contributed by atoms with Crippen molar-refractivity contribution in [3.8, 4) is 0 Å². The standard InChI is InChI=1S/C12H13BrN2O2/c13-12(17)14-6-5-8-1-3-10-9(7-8)2-4-11(16)15-10/h1,3,7H,2,4-6H2,(H,14,17)(H,15,16). The van der Waals surface area contributed by atoms with E-state index in [0.29, 0.717) is 13.0 Å². The van der Waals surface area contributed by atoms with Gasteiger partial charge in [0.05, 0.1) is 0 Å². The lowest BCUT2D eigenvalue weighted by Gasteiger charge is -2.17. The largest absolute Gasteiger partial charge is 0.346 e. The van der Waals surface area contributed by atoms with Crippen LogP contribution in [0.5, 0.6) is 0 Å². The topological polar surface area (TPSA) is 58.2 Å². The maximum absolute atomic E-state index is 11.2. The van der Waals surface area contributed by atoms with Crippen LogP contribution >= 0.6 is 15.9 Å². The van der Waals surface area contributed by atoms with E-state index in [9.17, 15) is 9.59 Å². The van der Waals surface area contributed by atoms with Gasteiger partial charge in [0.25, 0.3) is 4.82 Å². The van der Waals surface area contributed by atoms with Crippen LogP contribution in [0.3, 0.4) is 0 Å². The second kappa shape index (κ2) is 5.31. The lowest BCUT2D eigenvalue weighted by atomic mass is 9.99. The molecule has 17 heavy (non-hydrogen) atoms. The number of fused-ring (bicyclic) bond motifs is 1. The molecule has 0 radical (unpaired) electrons. The fourth-order valence-electron chi connectivity index (χ4n) is 1.90. The Balaban J connectivity index is 2.01. The molecular weight excluding hydrogens is 284 g/mol. The molecule has 1 aliphatic rings. The number of carbonyl (C=O) groups excluding carboxylic acids is 2. The average Bonchev–Trinajstić information content (AvgIpc) is 2.29. The predicted molar refractivity (Wildman–Crippen MR) is 69.4 cm³/mol. The zero-order valence-electron chi connectivity index (χ0n) is 9.25. The first-order valence-electron chi connectivity index (χ1n) is 5.50. The van der Waals surface area contributed by atoms with Gasteiger partial charge in [-0.25, -0.2) is 0 Å². The smallest absolute Gasteiger partial charge is 0.287 e. The molecule has 1 aromatic rings. The van der Waals surface area contributed by atoms with Gasteiger partial charge < -0.3 is 10.6 Å². The number of carbonyl (C=O) groups is 2. The zero-order chi connectivity index (χ0) is 12.3. The molecule has 0 saturated carbocycles. The molecule has 0 atom stereocenters. The zero-order valence-corrected chi connectivity index (χ0v) is 10.8. The van der Waals surface area contributed by atoms with Crippen LogP contribution in [0, 0.1) is 0 Å². The molecule has 2 amide bonds. The van der Waals surface area contributed by atoms with Gasteiger partial charge in [-0.2, -0.15) is 0 Å². The minimum atomic E-state index is -0.192. The number of hydrogen-bond acceptors (Lipinski definition) is 2. The van der Waals surface area contributed by atoms with Crippen molar-refractivity contribution >= 4 is 32.3 Å². The number of nitrogens with one attached hydrogen (secondary N) is 2. The predicted octanol–water partition coefficient (Wildman–Crippen LogP) is 2.22. The molecule has 1 aromatic carbocycles. The van der Waals surface area contributed by atoms with Gasteiger partial charge in [0, 0.05) is 34.6 Å². The number of benzene rings is 1. The molecule has 1 heterocycles. The average molecular weight is 297 g/mol. The van der Waals surface area contributed by atoms with Crippen molar-refractivity contribution < 1.29 is 9.59 Å². The second-order valence-electron chi connectivity index (χ2n) is 3.99. The van der Waals surface area contributed by atoms with Gasteiger partial charge >= 0.3 is 0 Å². The van der Waals surface area contributed by atoms with E-state index in [2.05, 4.69) is 32.6 Å². The second-order valence-corrected chi connectivity index (χ2v) is 4.71. The lowest BCUT2D eigenvalue weighted by Crippen LogP contribution is -2.20. The van der Waals surface area contributed by atoms with Crippen molar-refractivity contribution in [2.24, 2.45) is 0 Å². The molecule has 4 nitrogen and oxygen atoms in total. The van der Waals surface area contributed by atoms with Crippen molar-refractivity contribution in [2.75, 3.05) is 11.9 Å². The summed E-state index contributed by atoms with van der Waals surface area (Å²) in [6.07, 6.45) is 2.13. The van der Waals surface area contributed by atoms with E-state index in [4.69, 9.17) is 0 Å². The summed E-state index contributed by atoms with van der Waals surface area (Å²) in [7, 11) is 0. The molecule has 0 spiro atoms. The molecule has 1 aliphatic heterocycles. The van der Waals surface area contributed by atoms with Crippen LogP contribution in [0.25, 0.3) is 0 Å². The van der Waals surface area contributed by atoms with Crippen LogP contribution < -0.4 is 10.6 Å². The maximum Gasteiger partial charge on any atom is 0.287 e. The fraction of sp³-hybridized carbons (Fsp3) is 0.333. The van der Waals surface area contributed by atoms with E-state index >= 15 is 0 Å². The van der Waals surface area contributed by atoms with E-state index in [1.54, 1.807) is 0 Å². The van der Waals surface area contributed by atoms with E-state index < -0.39 is 0 Å². The molecule has 0 saturated heterocycles. The third kappa shape index (κ3) is 3.30. The Bertz CT molecular complexity index is 460. The molecule has 2 rings (SSSR count). The monoisotopic (exact) mass is 296 g/mol. The van der Waals surface area contributed by atoms with Crippen LogP contribution in [0.15, 0.2) is 18.2 Å². The van der Waals surface area contributed by atoms with E-state index in [0.717, 1.165) is 18.5 Å². The SMILES string of the molecule is O=C(Br)NCCc1ccc2c(c1)CCC(=O)N2. The lowest BCUT2D eigenvalue weighted by molar-refractivity contribution is -0.116. The molecule has 0 aromatic heterocycles. The third-order valence-corrected chi connectivity index (χ3v) is 3.02. The highest BCUT2D eigenvalue weighted by Crippen LogP contribution is 2.23. The summed E-state index contributed by atoms with van der Waals surface area (Å²) in [5.41, 5.74) is 3.25. The highest BCUT2D eigenvalue weighted by Gasteiger charge is 2.14. The molecule has 2 N–H and O–H groups in total. The Morgan fingerprint density at radius 3 is 3.00 bits per heavy atom. The number of aryl methyl sites for hydroxylation is 1. The van der Waals surface area contributed by atoms with Crippen LogP contribution in [0.1, 0.15) is 17.5 Å². The van der Waals surface area contributed by atoms with E-state index in [-0.39, 0.29) is 10.7 Å². The highest BCUT2D eigenvalue weighted by molar-refractivity contribution is 9.18.